The average Bonchev–Trinajstić information content (AvgIpc) is 3.11. The van der Waals surface area contributed by atoms with Crippen LogP contribution >= 0.6 is 11.8 Å². The van der Waals surface area contributed by atoms with Gasteiger partial charge in [-0.05, 0) is 43.5 Å². The summed E-state index contributed by atoms with van der Waals surface area (Å²) >= 11 is 1.48. The second-order valence-electron chi connectivity index (χ2n) is 6.36. The van der Waals surface area contributed by atoms with Crippen molar-refractivity contribution in [1.82, 2.24) is 15.5 Å². The minimum atomic E-state index is -0.131. The first-order valence-corrected chi connectivity index (χ1v) is 9.95. The maximum Gasteiger partial charge on any atom is 0.254 e. The minimum absolute atomic E-state index is 0.0837. The highest BCUT2D eigenvalue weighted by Gasteiger charge is 2.16. The number of hydrogen-bond acceptors (Lipinski definition) is 5. The van der Waals surface area contributed by atoms with Crippen LogP contribution in [0.5, 0.6) is 0 Å². The van der Waals surface area contributed by atoms with Gasteiger partial charge in [0.15, 0.2) is 0 Å². The van der Waals surface area contributed by atoms with Crippen molar-refractivity contribution in [3.8, 4) is 0 Å². The molecule has 1 amide bonds. The van der Waals surface area contributed by atoms with E-state index >= 15 is 0 Å². The van der Waals surface area contributed by atoms with E-state index in [4.69, 9.17) is 4.52 Å². The van der Waals surface area contributed by atoms with E-state index in [2.05, 4.69) is 46.6 Å². The molecule has 5 nitrogen and oxygen atoms in total. The van der Waals surface area contributed by atoms with Crippen LogP contribution in [0.25, 0.3) is 0 Å². The Morgan fingerprint density at radius 1 is 1.26 bits per heavy atom. The first-order chi connectivity index (χ1) is 13.1. The lowest BCUT2D eigenvalue weighted by Crippen LogP contribution is -2.27. The van der Waals surface area contributed by atoms with Crippen molar-refractivity contribution in [3.05, 3.63) is 76.8 Å². The number of benzene rings is 1. The highest BCUT2D eigenvalue weighted by Crippen LogP contribution is 2.25. The van der Waals surface area contributed by atoms with Crippen molar-refractivity contribution in [2.45, 2.75) is 44.0 Å². The van der Waals surface area contributed by atoms with Gasteiger partial charge in [-0.25, -0.2) is 4.98 Å². The molecule has 1 atom stereocenters. The largest absolute Gasteiger partial charge is 0.361 e. The zero-order chi connectivity index (χ0) is 19.2. The van der Waals surface area contributed by atoms with Crippen LogP contribution in [0.15, 0.2) is 58.2 Å². The zero-order valence-electron chi connectivity index (χ0n) is 15.7. The molecule has 0 aliphatic rings. The minimum Gasteiger partial charge on any atom is -0.361 e. The second kappa shape index (κ2) is 8.86. The third-order valence-electron chi connectivity index (χ3n) is 4.28. The molecule has 2 heterocycles. The van der Waals surface area contributed by atoms with E-state index < -0.39 is 0 Å². The summed E-state index contributed by atoms with van der Waals surface area (Å²) in [4.78, 5) is 17.2. The molecule has 0 spiro atoms. The fourth-order valence-corrected chi connectivity index (χ4v) is 3.58. The Hall–Kier alpha value is -2.60. The molecule has 140 valence electrons. The lowest BCUT2D eigenvalue weighted by molar-refractivity contribution is 0.0936. The van der Waals surface area contributed by atoms with Crippen LogP contribution < -0.4 is 5.32 Å². The molecule has 0 aliphatic heterocycles. The molecule has 3 rings (SSSR count). The van der Waals surface area contributed by atoms with E-state index in [-0.39, 0.29) is 11.9 Å². The molecule has 27 heavy (non-hydrogen) atoms. The van der Waals surface area contributed by atoms with Gasteiger partial charge in [-0.1, -0.05) is 48.1 Å². The highest BCUT2D eigenvalue weighted by atomic mass is 32.2. The summed E-state index contributed by atoms with van der Waals surface area (Å²) in [5, 5.41) is 7.73. The number of rotatable bonds is 7. The van der Waals surface area contributed by atoms with Crippen molar-refractivity contribution >= 4 is 17.7 Å². The summed E-state index contributed by atoms with van der Waals surface area (Å²) in [6, 6.07) is 13.7. The van der Waals surface area contributed by atoms with Crippen molar-refractivity contribution in [1.29, 1.82) is 0 Å². The summed E-state index contributed by atoms with van der Waals surface area (Å²) in [7, 11) is 0. The van der Waals surface area contributed by atoms with Crippen LogP contribution in [-0.2, 0) is 12.2 Å². The molecule has 2 aromatic heterocycles. The quantitative estimate of drug-likeness (QED) is 0.600. The summed E-state index contributed by atoms with van der Waals surface area (Å²) < 4.78 is 5.09. The Bertz CT molecular complexity index is 906. The fourth-order valence-electron chi connectivity index (χ4n) is 2.71. The lowest BCUT2D eigenvalue weighted by Gasteiger charge is -2.16. The van der Waals surface area contributed by atoms with E-state index in [9.17, 15) is 4.79 Å². The Kier molecular flexibility index (Phi) is 6.29. The number of aryl methyl sites for hydroxylation is 2. The number of carbonyl (C=O) groups is 1. The van der Waals surface area contributed by atoms with Gasteiger partial charge in [-0.3, -0.25) is 4.79 Å². The van der Waals surface area contributed by atoms with Gasteiger partial charge in [0.25, 0.3) is 5.91 Å². The number of pyridine rings is 1. The Balaban J connectivity index is 1.68. The van der Waals surface area contributed by atoms with Gasteiger partial charge in [-0.2, -0.15) is 0 Å². The number of aromatic nitrogens is 2. The lowest BCUT2D eigenvalue weighted by atomic mass is 10.0. The Morgan fingerprint density at radius 2 is 2.04 bits per heavy atom. The van der Waals surface area contributed by atoms with Gasteiger partial charge in [-0.15, -0.1) is 0 Å². The first-order valence-electron chi connectivity index (χ1n) is 8.96. The summed E-state index contributed by atoms with van der Waals surface area (Å²) in [5.74, 6) is 1.24. The smallest absolute Gasteiger partial charge is 0.254 e. The Morgan fingerprint density at radius 3 is 2.70 bits per heavy atom. The average molecular weight is 382 g/mol. The van der Waals surface area contributed by atoms with Crippen LogP contribution in [0.3, 0.4) is 0 Å². The monoisotopic (exact) mass is 381 g/mol. The van der Waals surface area contributed by atoms with Crippen LogP contribution in [0, 0.1) is 6.92 Å². The third-order valence-corrected chi connectivity index (χ3v) is 5.32. The molecule has 1 unspecified atom stereocenters. The van der Waals surface area contributed by atoms with Gasteiger partial charge < -0.3 is 9.84 Å². The third kappa shape index (κ3) is 4.98. The van der Waals surface area contributed by atoms with E-state index in [0.717, 1.165) is 23.4 Å². The number of nitrogens with zero attached hydrogens (tertiary/aromatic N) is 2. The number of thioether (sulfide) groups is 1. The summed E-state index contributed by atoms with van der Waals surface area (Å²) in [5.41, 5.74) is 3.77. The number of hydrogen-bond donors (Lipinski definition) is 1. The molecular formula is C21H23N3O2S. The molecule has 6 heteroatoms. The normalized spacial score (nSPS) is 12.0. The summed E-state index contributed by atoms with van der Waals surface area (Å²) in [6.45, 7) is 5.97. The molecule has 0 aliphatic carbocycles. The predicted octanol–water partition coefficient (Wildman–Crippen LogP) is 4.72. The van der Waals surface area contributed by atoms with Gasteiger partial charge in [0.1, 0.15) is 10.8 Å². The number of amides is 1. The summed E-state index contributed by atoms with van der Waals surface area (Å²) in [6.07, 6.45) is 2.70. The van der Waals surface area contributed by atoms with Crippen molar-refractivity contribution in [2.75, 3.05) is 0 Å². The van der Waals surface area contributed by atoms with Crippen LogP contribution in [0.4, 0.5) is 0 Å². The SMILES string of the molecule is CCc1ccc(C(C)NC(=O)c2cccnc2SCc2cc(C)on2)cc1. The van der Waals surface area contributed by atoms with Gasteiger partial charge in [0.05, 0.1) is 17.3 Å². The Labute approximate surface area is 163 Å². The molecule has 3 aromatic rings. The molecule has 1 N–H and O–H groups in total. The number of carbonyl (C=O) groups excluding carboxylic acids is 1. The predicted molar refractivity (Wildman–Crippen MR) is 107 cm³/mol. The topological polar surface area (TPSA) is 68.0 Å². The van der Waals surface area contributed by atoms with Crippen LogP contribution in [0.1, 0.15) is 52.8 Å². The van der Waals surface area contributed by atoms with Crippen LogP contribution in [-0.4, -0.2) is 16.0 Å². The van der Waals surface area contributed by atoms with Gasteiger partial charge in [0, 0.05) is 18.0 Å². The van der Waals surface area contributed by atoms with E-state index in [1.807, 2.05) is 19.9 Å². The van der Waals surface area contributed by atoms with Crippen molar-refractivity contribution in [2.24, 2.45) is 0 Å². The van der Waals surface area contributed by atoms with E-state index in [1.54, 1.807) is 18.3 Å². The molecule has 0 radical (unpaired) electrons. The van der Waals surface area contributed by atoms with E-state index in [0.29, 0.717) is 16.3 Å². The zero-order valence-corrected chi connectivity index (χ0v) is 16.5. The van der Waals surface area contributed by atoms with E-state index in [1.165, 1.54) is 17.3 Å². The molecule has 0 saturated carbocycles. The first kappa shape index (κ1) is 19.2. The molecule has 0 bridgehead atoms. The van der Waals surface area contributed by atoms with Crippen LogP contribution in [0.2, 0.25) is 0 Å². The molecule has 1 aromatic carbocycles. The van der Waals surface area contributed by atoms with Crippen molar-refractivity contribution in [3.63, 3.8) is 0 Å². The molecular weight excluding hydrogens is 358 g/mol. The highest BCUT2D eigenvalue weighted by molar-refractivity contribution is 7.98. The van der Waals surface area contributed by atoms with Gasteiger partial charge in [0.2, 0.25) is 0 Å². The standard InChI is InChI=1S/C21H23N3O2S/c1-4-16-7-9-17(10-8-16)15(3)23-20(25)19-6-5-11-22-21(19)27-13-18-12-14(2)26-24-18/h5-12,15H,4,13H2,1-3H3,(H,23,25). The maximum atomic E-state index is 12.8. The number of nitrogens with one attached hydrogen (secondary N) is 1. The molecule has 0 fully saturated rings. The van der Waals surface area contributed by atoms with Gasteiger partial charge >= 0.3 is 0 Å². The van der Waals surface area contributed by atoms with Crippen molar-refractivity contribution < 1.29 is 9.32 Å². The maximum absolute atomic E-state index is 12.8. The molecule has 0 saturated heterocycles. The fraction of sp³-hybridized carbons (Fsp3) is 0.286. The second-order valence-corrected chi connectivity index (χ2v) is 7.33.